The number of fused-ring (bicyclic) bond motifs is 1. The lowest BCUT2D eigenvalue weighted by atomic mass is 9.92. The molecule has 0 fully saturated rings. The number of anilines is 2. The van der Waals surface area contributed by atoms with E-state index in [1.165, 1.54) is 34.4 Å². The van der Waals surface area contributed by atoms with Crippen LogP contribution in [0.5, 0.6) is 5.75 Å². The Labute approximate surface area is 234 Å². The highest BCUT2D eigenvalue weighted by atomic mass is 16.3. The predicted molar refractivity (Wildman–Crippen MR) is 163 cm³/mol. The lowest BCUT2D eigenvalue weighted by Crippen LogP contribution is -2.24. The van der Waals surface area contributed by atoms with Crippen LogP contribution in [0.1, 0.15) is 42.6 Å². The van der Waals surface area contributed by atoms with E-state index in [-0.39, 0.29) is 11.3 Å². The number of aromatic nitrogens is 1. The summed E-state index contributed by atoms with van der Waals surface area (Å²) in [7, 11) is 0. The quantitative estimate of drug-likeness (QED) is 0.130. The van der Waals surface area contributed by atoms with Gasteiger partial charge in [-0.05, 0) is 83.1 Å². The first-order chi connectivity index (χ1) is 19.4. The molecule has 5 aromatic rings. The fourth-order valence-corrected chi connectivity index (χ4v) is 5.08. The SMILES string of the molecule is CC(C)c1ccccc1-c1cccc(Nc2ccc(CCNC[C@H](O)c3ccc(O)c4[nH]c(=O)ccc34)cc2)c1. The van der Waals surface area contributed by atoms with Gasteiger partial charge in [-0.25, -0.2) is 0 Å². The Morgan fingerprint density at radius 3 is 2.42 bits per heavy atom. The number of phenolic OH excluding ortho intramolecular Hbond substituents is 1. The average molecular weight is 534 g/mol. The molecule has 1 atom stereocenters. The molecule has 0 amide bonds. The van der Waals surface area contributed by atoms with Gasteiger partial charge in [-0.1, -0.05) is 68.4 Å². The van der Waals surface area contributed by atoms with E-state index in [4.69, 9.17) is 0 Å². The Hall–Kier alpha value is -4.39. The van der Waals surface area contributed by atoms with Crippen LogP contribution in [0.25, 0.3) is 22.0 Å². The number of nitrogens with one attached hydrogen (secondary N) is 3. The van der Waals surface area contributed by atoms with Gasteiger partial charge in [0.15, 0.2) is 0 Å². The first-order valence-electron chi connectivity index (χ1n) is 13.7. The van der Waals surface area contributed by atoms with Crippen molar-refractivity contribution in [2.45, 2.75) is 32.3 Å². The van der Waals surface area contributed by atoms with Crippen molar-refractivity contribution in [1.29, 1.82) is 0 Å². The third-order valence-electron chi connectivity index (χ3n) is 7.19. The molecular formula is C34H35N3O3. The first kappa shape index (κ1) is 27.2. The molecule has 5 N–H and O–H groups in total. The van der Waals surface area contributed by atoms with Crippen molar-refractivity contribution in [2.24, 2.45) is 0 Å². The summed E-state index contributed by atoms with van der Waals surface area (Å²) >= 11 is 0. The Bertz CT molecular complexity index is 1660. The fraction of sp³-hybridized carbons (Fsp3) is 0.206. The molecule has 204 valence electrons. The lowest BCUT2D eigenvalue weighted by Gasteiger charge is -2.15. The first-order valence-corrected chi connectivity index (χ1v) is 13.7. The summed E-state index contributed by atoms with van der Waals surface area (Å²) in [6.07, 6.45) is 0.0434. The zero-order chi connectivity index (χ0) is 28.1. The van der Waals surface area contributed by atoms with E-state index in [0.717, 1.165) is 17.8 Å². The summed E-state index contributed by atoms with van der Waals surface area (Å²) in [5.41, 5.74) is 7.78. The molecule has 5 rings (SSSR count). The van der Waals surface area contributed by atoms with Gasteiger partial charge in [-0.15, -0.1) is 0 Å². The Morgan fingerprint density at radius 2 is 1.62 bits per heavy atom. The summed E-state index contributed by atoms with van der Waals surface area (Å²) in [5.74, 6) is 0.441. The van der Waals surface area contributed by atoms with Crippen LogP contribution in [-0.2, 0) is 6.42 Å². The summed E-state index contributed by atoms with van der Waals surface area (Å²) in [4.78, 5) is 14.3. The van der Waals surface area contributed by atoms with Crippen molar-refractivity contribution < 1.29 is 10.2 Å². The Balaban J connectivity index is 1.16. The normalized spacial score (nSPS) is 12.1. The van der Waals surface area contributed by atoms with Crippen LogP contribution in [0, 0.1) is 0 Å². The highest BCUT2D eigenvalue weighted by molar-refractivity contribution is 5.87. The number of aromatic amines is 1. The van der Waals surface area contributed by atoms with Crippen LogP contribution in [0.3, 0.4) is 0 Å². The van der Waals surface area contributed by atoms with E-state index < -0.39 is 6.10 Å². The number of pyridine rings is 1. The Morgan fingerprint density at radius 1 is 0.825 bits per heavy atom. The second-order valence-electron chi connectivity index (χ2n) is 10.4. The van der Waals surface area contributed by atoms with Crippen LogP contribution in [-0.4, -0.2) is 28.3 Å². The minimum Gasteiger partial charge on any atom is -0.506 e. The number of phenols is 1. The summed E-state index contributed by atoms with van der Waals surface area (Å²) in [6.45, 7) is 5.51. The lowest BCUT2D eigenvalue weighted by molar-refractivity contribution is 0.176. The van der Waals surface area contributed by atoms with E-state index in [1.54, 1.807) is 12.1 Å². The second kappa shape index (κ2) is 12.2. The highest BCUT2D eigenvalue weighted by Crippen LogP contribution is 2.31. The van der Waals surface area contributed by atoms with Crippen LogP contribution in [0.4, 0.5) is 11.4 Å². The van der Waals surface area contributed by atoms with Crippen molar-refractivity contribution in [1.82, 2.24) is 10.3 Å². The number of H-pyrrole nitrogens is 1. The third kappa shape index (κ3) is 6.25. The molecule has 0 aliphatic rings. The molecular weight excluding hydrogens is 498 g/mol. The van der Waals surface area contributed by atoms with Crippen LogP contribution in [0.15, 0.2) is 102 Å². The summed E-state index contributed by atoms with van der Waals surface area (Å²) in [5, 5.41) is 28.3. The second-order valence-corrected chi connectivity index (χ2v) is 10.4. The van der Waals surface area contributed by atoms with Gasteiger partial charge in [-0.2, -0.15) is 0 Å². The summed E-state index contributed by atoms with van der Waals surface area (Å²) in [6, 6.07) is 31.7. The minimum absolute atomic E-state index is 0.0151. The predicted octanol–water partition coefficient (Wildman–Crippen LogP) is 6.63. The molecule has 0 aliphatic carbocycles. The maximum Gasteiger partial charge on any atom is 0.248 e. The third-order valence-corrected chi connectivity index (χ3v) is 7.19. The monoisotopic (exact) mass is 533 g/mol. The smallest absolute Gasteiger partial charge is 0.248 e. The van der Waals surface area contributed by atoms with Gasteiger partial charge in [-0.3, -0.25) is 4.79 Å². The van der Waals surface area contributed by atoms with Gasteiger partial charge in [0.05, 0.1) is 11.6 Å². The zero-order valence-corrected chi connectivity index (χ0v) is 22.8. The molecule has 0 saturated carbocycles. The minimum atomic E-state index is -0.774. The van der Waals surface area contributed by atoms with Gasteiger partial charge in [0.25, 0.3) is 0 Å². The Kier molecular flexibility index (Phi) is 8.29. The van der Waals surface area contributed by atoms with Gasteiger partial charge < -0.3 is 25.8 Å². The van der Waals surface area contributed by atoms with E-state index in [2.05, 4.69) is 102 Å². The average Bonchev–Trinajstić information content (AvgIpc) is 2.96. The fourth-order valence-electron chi connectivity index (χ4n) is 5.08. The van der Waals surface area contributed by atoms with Gasteiger partial charge in [0, 0.05) is 29.4 Å². The van der Waals surface area contributed by atoms with Crippen LogP contribution in [0.2, 0.25) is 0 Å². The van der Waals surface area contributed by atoms with Gasteiger partial charge in [0.2, 0.25) is 5.56 Å². The van der Waals surface area contributed by atoms with Gasteiger partial charge in [0.1, 0.15) is 5.75 Å². The standard InChI is InChI=1S/C34H35N3O3/c1-22(2)27-8-3-4-9-28(27)24-6-5-7-26(20-24)36-25-12-10-23(11-13-25)18-19-35-21-32(39)29-14-16-31(38)34-30(29)15-17-33(40)37-34/h3-17,20,22,32,35-36,38-39H,18-19,21H2,1-2H3,(H,37,40)/t32-/m0/s1. The maximum atomic E-state index is 11.6. The van der Waals surface area contributed by atoms with E-state index >= 15 is 0 Å². The molecule has 0 saturated heterocycles. The van der Waals surface area contributed by atoms with Crippen molar-refractivity contribution in [2.75, 3.05) is 18.4 Å². The summed E-state index contributed by atoms with van der Waals surface area (Å²) < 4.78 is 0. The van der Waals surface area contributed by atoms with Crippen molar-refractivity contribution in [3.63, 3.8) is 0 Å². The molecule has 1 heterocycles. The van der Waals surface area contributed by atoms with Crippen molar-refractivity contribution in [3.05, 3.63) is 124 Å². The molecule has 0 bridgehead atoms. The number of hydrogen-bond donors (Lipinski definition) is 5. The number of aromatic hydroxyl groups is 1. The topological polar surface area (TPSA) is 97.4 Å². The zero-order valence-electron chi connectivity index (χ0n) is 22.8. The molecule has 0 radical (unpaired) electrons. The number of aliphatic hydroxyl groups is 1. The molecule has 0 spiro atoms. The number of aliphatic hydroxyl groups excluding tert-OH is 1. The molecule has 6 nitrogen and oxygen atoms in total. The van der Waals surface area contributed by atoms with Crippen molar-refractivity contribution in [3.8, 4) is 16.9 Å². The molecule has 0 aliphatic heterocycles. The van der Waals surface area contributed by atoms with Crippen LogP contribution >= 0.6 is 0 Å². The van der Waals surface area contributed by atoms with E-state index in [9.17, 15) is 15.0 Å². The van der Waals surface area contributed by atoms with Crippen molar-refractivity contribution >= 4 is 22.3 Å². The van der Waals surface area contributed by atoms with E-state index in [1.807, 2.05) is 0 Å². The molecule has 0 unspecified atom stereocenters. The molecule has 1 aromatic heterocycles. The highest BCUT2D eigenvalue weighted by Gasteiger charge is 2.14. The number of rotatable bonds is 10. The maximum absolute atomic E-state index is 11.6. The largest absolute Gasteiger partial charge is 0.506 e. The van der Waals surface area contributed by atoms with Gasteiger partial charge >= 0.3 is 0 Å². The molecule has 4 aromatic carbocycles. The van der Waals surface area contributed by atoms with E-state index in [0.29, 0.717) is 35.5 Å². The van der Waals surface area contributed by atoms with Crippen LogP contribution < -0.4 is 16.2 Å². The number of hydrogen-bond acceptors (Lipinski definition) is 5. The molecule has 6 heteroatoms. The number of benzene rings is 4. The molecule has 40 heavy (non-hydrogen) atoms.